The topological polar surface area (TPSA) is 82.4 Å². The van der Waals surface area contributed by atoms with Gasteiger partial charge in [0.25, 0.3) is 0 Å². The number of alkyl halides is 3. The van der Waals surface area contributed by atoms with Crippen LogP contribution in [0.15, 0.2) is 48.5 Å². The van der Waals surface area contributed by atoms with Crippen molar-refractivity contribution in [2.75, 3.05) is 6.54 Å². The lowest BCUT2D eigenvalue weighted by Crippen LogP contribution is -2.47. The number of benzene rings is 2. The SMILES string of the molecule is Cc1nnnn1-c1cc(COC2CCCN(C(=O)OC(C)(C)C)C2c2ccccc2)cc(C(F)(F)F)c1. The Balaban J connectivity index is 1.63. The lowest BCUT2D eigenvalue weighted by atomic mass is 9.92. The van der Waals surface area contributed by atoms with Crippen LogP contribution in [0.4, 0.5) is 18.0 Å². The van der Waals surface area contributed by atoms with Crippen LogP contribution in [0.1, 0.15) is 62.2 Å². The van der Waals surface area contributed by atoms with Gasteiger partial charge in [0.05, 0.1) is 30.0 Å². The summed E-state index contributed by atoms with van der Waals surface area (Å²) in [4.78, 5) is 14.7. The zero-order valence-corrected chi connectivity index (χ0v) is 21.2. The highest BCUT2D eigenvalue weighted by molar-refractivity contribution is 5.69. The minimum Gasteiger partial charge on any atom is -0.444 e. The van der Waals surface area contributed by atoms with E-state index in [1.807, 2.05) is 30.3 Å². The van der Waals surface area contributed by atoms with Gasteiger partial charge < -0.3 is 9.47 Å². The van der Waals surface area contributed by atoms with Crippen molar-refractivity contribution in [1.29, 1.82) is 0 Å². The predicted molar refractivity (Wildman–Crippen MR) is 129 cm³/mol. The van der Waals surface area contributed by atoms with E-state index in [1.165, 1.54) is 4.68 Å². The van der Waals surface area contributed by atoms with Gasteiger partial charge in [-0.25, -0.2) is 4.79 Å². The number of piperidine rings is 1. The number of ether oxygens (including phenoxy) is 2. The molecule has 37 heavy (non-hydrogen) atoms. The Morgan fingerprint density at radius 1 is 1.11 bits per heavy atom. The number of likely N-dealkylation sites (tertiary alicyclic amines) is 1. The van der Waals surface area contributed by atoms with E-state index in [1.54, 1.807) is 38.7 Å². The van der Waals surface area contributed by atoms with Gasteiger partial charge in [-0.3, -0.25) is 4.90 Å². The quantitative estimate of drug-likeness (QED) is 0.435. The second-order valence-corrected chi connectivity index (χ2v) is 10.0. The first-order chi connectivity index (χ1) is 17.4. The van der Waals surface area contributed by atoms with Crippen LogP contribution in [-0.2, 0) is 22.3 Å². The zero-order valence-electron chi connectivity index (χ0n) is 21.2. The van der Waals surface area contributed by atoms with E-state index in [0.29, 0.717) is 30.8 Å². The molecule has 4 rings (SSSR count). The molecule has 0 bridgehead atoms. The first-order valence-electron chi connectivity index (χ1n) is 12.0. The van der Waals surface area contributed by atoms with E-state index in [0.717, 1.165) is 17.7 Å². The Hall–Kier alpha value is -3.47. The van der Waals surface area contributed by atoms with Crippen LogP contribution in [0.2, 0.25) is 0 Å². The molecule has 1 aliphatic heterocycles. The maximum Gasteiger partial charge on any atom is 0.416 e. The number of nitrogens with zero attached hydrogens (tertiary/aromatic N) is 5. The summed E-state index contributed by atoms with van der Waals surface area (Å²) in [5, 5.41) is 11.1. The van der Waals surface area contributed by atoms with Crippen molar-refractivity contribution in [2.24, 2.45) is 0 Å². The second kappa shape index (κ2) is 10.5. The fourth-order valence-electron chi connectivity index (χ4n) is 4.42. The summed E-state index contributed by atoms with van der Waals surface area (Å²) in [7, 11) is 0. The molecule has 1 aliphatic rings. The van der Waals surface area contributed by atoms with Crippen molar-refractivity contribution in [3.8, 4) is 5.69 Å². The Kier molecular flexibility index (Phi) is 7.54. The van der Waals surface area contributed by atoms with Crippen LogP contribution >= 0.6 is 0 Å². The monoisotopic (exact) mass is 517 g/mol. The van der Waals surface area contributed by atoms with Crippen LogP contribution in [-0.4, -0.2) is 49.5 Å². The average molecular weight is 518 g/mol. The van der Waals surface area contributed by atoms with Gasteiger partial charge in [0, 0.05) is 6.54 Å². The molecule has 3 aromatic rings. The average Bonchev–Trinajstić information content (AvgIpc) is 3.27. The number of tetrazole rings is 1. The van der Waals surface area contributed by atoms with E-state index in [-0.39, 0.29) is 12.3 Å². The fraction of sp³-hybridized carbons (Fsp3) is 0.462. The Labute approximate surface area is 213 Å². The van der Waals surface area contributed by atoms with Crippen molar-refractivity contribution >= 4 is 6.09 Å². The van der Waals surface area contributed by atoms with E-state index < -0.39 is 35.6 Å². The fourth-order valence-corrected chi connectivity index (χ4v) is 4.42. The maximum atomic E-state index is 13.7. The number of aromatic nitrogens is 4. The third kappa shape index (κ3) is 6.46. The van der Waals surface area contributed by atoms with E-state index >= 15 is 0 Å². The third-order valence-corrected chi connectivity index (χ3v) is 5.98. The first-order valence-corrected chi connectivity index (χ1v) is 12.0. The number of rotatable bonds is 5. The number of amides is 1. The molecule has 0 N–H and O–H groups in total. The predicted octanol–water partition coefficient (Wildman–Crippen LogP) is 5.65. The molecular weight excluding hydrogens is 487 g/mol. The van der Waals surface area contributed by atoms with Crippen LogP contribution in [0.3, 0.4) is 0 Å². The van der Waals surface area contributed by atoms with Crippen LogP contribution in [0.5, 0.6) is 0 Å². The zero-order chi connectivity index (χ0) is 26.8. The van der Waals surface area contributed by atoms with Gasteiger partial charge in [-0.15, -0.1) is 5.10 Å². The normalized spacial score (nSPS) is 18.6. The number of carbonyl (C=O) groups is 1. The van der Waals surface area contributed by atoms with Gasteiger partial charge in [0.2, 0.25) is 0 Å². The molecular formula is C26H30F3N5O3. The molecule has 1 saturated heterocycles. The van der Waals surface area contributed by atoms with Crippen molar-refractivity contribution in [1.82, 2.24) is 25.1 Å². The minimum absolute atomic E-state index is 0.0890. The summed E-state index contributed by atoms with van der Waals surface area (Å²) >= 11 is 0. The van der Waals surface area contributed by atoms with Gasteiger partial charge in [-0.05, 0) is 80.3 Å². The molecule has 2 atom stereocenters. The number of carbonyl (C=O) groups excluding carboxylic acids is 1. The molecule has 1 fully saturated rings. The molecule has 2 unspecified atom stereocenters. The van der Waals surface area contributed by atoms with Crippen molar-refractivity contribution in [3.05, 3.63) is 71.0 Å². The summed E-state index contributed by atoms with van der Waals surface area (Å²) in [6.07, 6.45) is -4.15. The molecule has 198 valence electrons. The highest BCUT2D eigenvalue weighted by Gasteiger charge is 2.38. The number of halogens is 3. The highest BCUT2D eigenvalue weighted by Crippen LogP contribution is 2.36. The molecule has 2 heterocycles. The third-order valence-electron chi connectivity index (χ3n) is 5.98. The molecule has 0 spiro atoms. The number of hydrogen-bond donors (Lipinski definition) is 0. The standard InChI is InChI=1S/C26H30F3N5O3/c1-17-30-31-32-34(17)21-14-18(13-20(15-21)26(27,28)29)16-36-22-11-8-12-33(24(35)37-25(2,3)4)23(22)19-9-6-5-7-10-19/h5-7,9-10,13-15,22-23H,8,11-12,16H2,1-4H3. The van der Waals surface area contributed by atoms with E-state index in [9.17, 15) is 18.0 Å². The smallest absolute Gasteiger partial charge is 0.416 e. The van der Waals surface area contributed by atoms with Crippen molar-refractivity contribution in [3.63, 3.8) is 0 Å². The van der Waals surface area contributed by atoms with Crippen molar-refractivity contribution in [2.45, 2.75) is 71.1 Å². The summed E-state index contributed by atoms with van der Waals surface area (Å²) in [5.41, 5.74) is -0.116. The summed E-state index contributed by atoms with van der Waals surface area (Å²) in [6, 6.07) is 12.6. The molecule has 0 saturated carbocycles. The number of hydrogen-bond acceptors (Lipinski definition) is 6. The van der Waals surface area contributed by atoms with Crippen LogP contribution < -0.4 is 0 Å². The van der Waals surface area contributed by atoms with Gasteiger partial charge in [-0.1, -0.05) is 30.3 Å². The van der Waals surface area contributed by atoms with Gasteiger partial charge in [-0.2, -0.15) is 17.9 Å². The first kappa shape index (κ1) is 26.6. The Morgan fingerprint density at radius 2 is 1.84 bits per heavy atom. The molecule has 2 aromatic carbocycles. The molecule has 8 nitrogen and oxygen atoms in total. The summed E-state index contributed by atoms with van der Waals surface area (Å²) < 4.78 is 54.2. The van der Waals surface area contributed by atoms with Gasteiger partial charge in [0.15, 0.2) is 5.82 Å². The summed E-state index contributed by atoms with van der Waals surface area (Å²) in [5.74, 6) is 0.357. The molecule has 1 amide bonds. The van der Waals surface area contributed by atoms with E-state index in [2.05, 4.69) is 15.5 Å². The van der Waals surface area contributed by atoms with Crippen LogP contribution in [0, 0.1) is 6.92 Å². The summed E-state index contributed by atoms with van der Waals surface area (Å²) in [6.45, 7) is 7.41. The molecule has 1 aromatic heterocycles. The van der Waals surface area contributed by atoms with Gasteiger partial charge >= 0.3 is 12.3 Å². The molecule has 11 heteroatoms. The maximum absolute atomic E-state index is 13.7. The molecule has 0 aliphatic carbocycles. The Bertz CT molecular complexity index is 1220. The van der Waals surface area contributed by atoms with E-state index in [4.69, 9.17) is 9.47 Å². The minimum atomic E-state index is -4.56. The number of aryl methyl sites for hydroxylation is 1. The van der Waals surface area contributed by atoms with Gasteiger partial charge in [0.1, 0.15) is 5.60 Å². The largest absolute Gasteiger partial charge is 0.444 e. The second-order valence-electron chi connectivity index (χ2n) is 10.0. The Morgan fingerprint density at radius 3 is 2.46 bits per heavy atom. The van der Waals surface area contributed by atoms with Crippen molar-refractivity contribution < 1.29 is 27.4 Å². The van der Waals surface area contributed by atoms with Crippen LogP contribution in [0.25, 0.3) is 5.69 Å². The lowest BCUT2D eigenvalue weighted by molar-refractivity contribution is -0.137. The highest BCUT2D eigenvalue weighted by atomic mass is 19.4. The molecule has 0 radical (unpaired) electrons. The lowest BCUT2D eigenvalue weighted by Gasteiger charge is -2.41.